The summed E-state index contributed by atoms with van der Waals surface area (Å²) < 4.78 is 18.2. The Bertz CT molecular complexity index is 781. The zero-order chi connectivity index (χ0) is 17.1. The standard InChI is InChI=1S/C16H14FN3O4/c17-10-3-1-9(2-4-10)12-7-8-13(24-12)14(21)19-20-16(23)15(22)18-11-5-6-11/h1-4,7-8,11H,5-6H2,(H,18,22)(H,19,21)(H,20,23). The number of amides is 3. The zero-order valence-corrected chi connectivity index (χ0v) is 12.5. The van der Waals surface area contributed by atoms with E-state index in [-0.39, 0.29) is 17.6 Å². The Balaban J connectivity index is 1.56. The molecule has 1 fully saturated rings. The number of carbonyl (C=O) groups is 3. The van der Waals surface area contributed by atoms with Crippen LogP contribution in [0.15, 0.2) is 40.8 Å². The molecule has 7 nitrogen and oxygen atoms in total. The first-order valence-electron chi connectivity index (χ1n) is 7.30. The summed E-state index contributed by atoms with van der Waals surface area (Å²) in [5.41, 5.74) is 4.70. The number of rotatable bonds is 3. The van der Waals surface area contributed by atoms with Crippen molar-refractivity contribution >= 4 is 17.7 Å². The Morgan fingerprint density at radius 2 is 1.67 bits per heavy atom. The van der Waals surface area contributed by atoms with E-state index in [9.17, 15) is 18.8 Å². The van der Waals surface area contributed by atoms with Gasteiger partial charge in [-0.3, -0.25) is 25.2 Å². The van der Waals surface area contributed by atoms with E-state index in [4.69, 9.17) is 4.42 Å². The molecule has 2 aromatic rings. The number of halogens is 1. The molecule has 3 rings (SSSR count). The van der Waals surface area contributed by atoms with Crippen LogP contribution >= 0.6 is 0 Å². The summed E-state index contributed by atoms with van der Waals surface area (Å²) in [7, 11) is 0. The van der Waals surface area contributed by atoms with Crippen molar-refractivity contribution in [3.05, 3.63) is 48.0 Å². The molecule has 124 valence electrons. The van der Waals surface area contributed by atoms with E-state index >= 15 is 0 Å². The van der Waals surface area contributed by atoms with Crippen LogP contribution in [0.5, 0.6) is 0 Å². The van der Waals surface area contributed by atoms with Gasteiger partial charge in [0.05, 0.1) is 0 Å². The fourth-order valence-electron chi connectivity index (χ4n) is 1.94. The van der Waals surface area contributed by atoms with Crippen molar-refractivity contribution < 1.29 is 23.2 Å². The molecule has 0 spiro atoms. The maximum atomic E-state index is 12.9. The van der Waals surface area contributed by atoms with Gasteiger partial charge in [0.1, 0.15) is 11.6 Å². The first kappa shape index (κ1) is 15.7. The lowest BCUT2D eigenvalue weighted by Gasteiger charge is -2.06. The molecule has 1 aromatic heterocycles. The van der Waals surface area contributed by atoms with Crippen LogP contribution in [0.2, 0.25) is 0 Å². The van der Waals surface area contributed by atoms with Crippen LogP contribution in [0.4, 0.5) is 4.39 Å². The second-order valence-electron chi connectivity index (χ2n) is 5.33. The first-order valence-corrected chi connectivity index (χ1v) is 7.30. The number of nitrogens with one attached hydrogen (secondary N) is 3. The molecule has 1 heterocycles. The van der Waals surface area contributed by atoms with Crippen LogP contribution in [0.25, 0.3) is 11.3 Å². The lowest BCUT2D eigenvalue weighted by Crippen LogP contribution is -2.48. The summed E-state index contributed by atoms with van der Waals surface area (Å²) >= 11 is 0. The molecule has 1 aromatic carbocycles. The van der Waals surface area contributed by atoms with Gasteiger partial charge in [0.25, 0.3) is 0 Å². The molecule has 3 amide bonds. The van der Waals surface area contributed by atoms with E-state index in [1.807, 2.05) is 5.43 Å². The largest absolute Gasteiger partial charge is 0.451 e. The van der Waals surface area contributed by atoms with Crippen molar-refractivity contribution in [3.8, 4) is 11.3 Å². The van der Waals surface area contributed by atoms with Gasteiger partial charge < -0.3 is 9.73 Å². The molecular formula is C16H14FN3O4. The number of carbonyl (C=O) groups excluding carboxylic acids is 3. The smallest absolute Gasteiger partial charge is 0.327 e. The van der Waals surface area contributed by atoms with Crippen LogP contribution in [0.3, 0.4) is 0 Å². The number of furan rings is 1. The highest BCUT2D eigenvalue weighted by Gasteiger charge is 2.26. The highest BCUT2D eigenvalue weighted by atomic mass is 19.1. The molecule has 0 radical (unpaired) electrons. The summed E-state index contributed by atoms with van der Waals surface area (Å²) in [5.74, 6) is -2.54. The fraction of sp³-hybridized carbons (Fsp3) is 0.188. The van der Waals surface area contributed by atoms with E-state index in [0.29, 0.717) is 11.3 Å². The highest BCUT2D eigenvalue weighted by Crippen LogP contribution is 2.22. The molecule has 0 saturated heterocycles. The predicted octanol–water partition coefficient (Wildman–Crippen LogP) is 1.13. The van der Waals surface area contributed by atoms with Gasteiger partial charge in [0, 0.05) is 11.6 Å². The van der Waals surface area contributed by atoms with Crippen molar-refractivity contribution in [3.63, 3.8) is 0 Å². The van der Waals surface area contributed by atoms with Crippen molar-refractivity contribution in [1.82, 2.24) is 16.2 Å². The zero-order valence-electron chi connectivity index (χ0n) is 12.5. The maximum absolute atomic E-state index is 12.9. The monoisotopic (exact) mass is 331 g/mol. The van der Waals surface area contributed by atoms with Gasteiger partial charge in [-0.1, -0.05) is 0 Å². The van der Waals surface area contributed by atoms with Gasteiger partial charge in [-0.15, -0.1) is 0 Å². The highest BCUT2D eigenvalue weighted by molar-refractivity contribution is 6.35. The predicted molar refractivity (Wildman–Crippen MR) is 80.9 cm³/mol. The van der Waals surface area contributed by atoms with E-state index < -0.39 is 17.7 Å². The Hall–Kier alpha value is -3.16. The van der Waals surface area contributed by atoms with Crippen molar-refractivity contribution in [2.24, 2.45) is 0 Å². The average molecular weight is 331 g/mol. The van der Waals surface area contributed by atoms with Crippen molar-refractivity contribution in [2.75, 3.05) is 0 Å². The van der Waals surface area contributed by atoms with Crippen LogP contribution in [-0.4, -0.2) is 23.8 Å². The molecular weight excluding hydrogens is 317 g/mol. The van der Waals surface area contributed by atoms with Gasteiger partial charge in [0.2, 0.25) is 0 Å². The third-order valence-corrected chi connectivity index (χ3v) is 3.37. The average Bonchev–Trinajstić information content (AvgIpc) is 3.25. The number of hydrazine groups is 1. The van der Waals surface area contributed by atoms with E-state index in [1.165, 1.54) is 30.3 Å². The molecule has 1 saturated carbocycles. The lowest BCUT2D eigenvalue weighted by molar-refractivity contribution is -0.139. The third-order valence-electron chi connectivity index (χ3n) is 3.37. The Morgan fingerprint density at radius 1 is 0.958 bits per heavy atom. The maximum Gasteiger partial charge on any atom is 0.327 e. The van der Waals surface area contributed by atoms with E-state index in [1.54, 1.807) is 6.07 Å². The Kier molecular flexibility index (Phi) is 4.28. The summed E-state index contributed by atoms with van der Waals surface area (Å²) in [5, 5.41) is 2.49. The molecule has 8 heteroatoms. The number of hydrogen-bond donors (Lipinski definition) is 3. The number of hydrogen-bond acceptors (Lipinski definition) is 4. The second-order valence-corrected chi connectivity index (χ2v) is 5.33. The van der Waals surface area contributed by atoms with E-state index in [0.717, 1.165) is 12.8 Å². The second kappa shape index (κ2) is 6.53. The third kappa shape index (κ3) is 3.78. The summed E-state index contributed by atoms with van der Waals surface area (Å²) in [6, 6.07) is 8.57. The van der Waals surface area contributed by atoms with Crippen LogP contribution in [0, 0.1) is 5.82 Å². The molecule has 1 aliphatic carbocycles. The van der Waals surface area contributed by atoms with Crippen LogP contribution < -0.4 is 16.2 Å². The Labute approximate surface area is 136 Å². The summed E-state index contributed by atoms with van der Waals surface area (Å²) in [6.07, 6.45) is 1.70. The van der Waals surface area contributed by atoms with Crippen LogP contribution in [0.1, 0.15) is 23.4 Å². The molecule has 0 aliphatic heterocycles. The summed E-state index contributed by atoms with van der Waals surface area (Å²) in [6.45, 7) is 0. The van der Waals surface area contributed by atoms with Gasteiger partial charge in [-0.2, -0.15) is 0 Å². The van der Waals surface area contributed by atoms with Crippen molar-refractivity contribution in [2.45, 2.75) is 18.9 Å². The molecule has 0 unspecified atom stereocenters. The van der Waals surface area contributed by atoms with Crippen molar-refractivity contribution in [1.29, 1.82) is 0 Å². The van der Waals surface area contributed by atoms with Gasteiger partial charge in [-0.25, -0.2) is 4.39 Å². The molecule has 0 atom stereocenters. The minimum Gasteiger partial charge on any atom is -0.451 e. The van der Waals surface area contributed by atoms with Gasteiger partial charge in [0.15, 0.2) is 5.76 Å². The summed E-state index contributed by atoms with van der Waals surface area (Å²) in [4.78, 5) is 34.8. The lowest BCUT2D eigenvalue weighted by atomic mass is 10.2. The first-order chi connectivity index (χ1) is 11.5. The quantitative estimate of drug-likeness (QED) is 0.580. The molecule has 1 aliphatic rings. The SMILES string of the molecule is O=C(NNC(=O)c1ccc(-c2ccc(F)cc2)o1)C(=O)NC1CC1. The van der Waals surface area contributed by atoms with Gasteiger partial charge >= 0.3 is 17.7 Å². The van der Waals surface area contributed by atoms with E-state index in [2.05, 4.69) is 10.7 Å². The normalized spacial score (nSPS) is 13.2. The van der Waals surface area contributed by atoms with Crippen LogP contribution in [-0.2, 0) is 9.59 Å². The molecule has 24 heavy (non-hydrogen) atoms. The minimum atomic E-state index is -0.958. The van der Waals surface area contributed by atoms with Gasteiger partial charge in [-0.05, 0) is 49.2 Å². The molecule has 0 bridgehead atoms. The minimum absolute atomic E-state index is 0.0438. The molecule has 3 N–H and O–H groups in total. The number of benzene rings is 1. The fourth-order valence-corrected chi connectivity index (χ4v) is 1.94. The topological polar surface area (TPSA) is 100 Å². The Morgan fingerprint density at radius 3 is 2.33 bits per heavy atom.